The summed E-state index contributed by atoms with van der Waals surface area (Å²) in [5, 5.41) is 3.34. The summed E-state index contributed by atoms with van der Waals surface area (Å²) in [6.45, 7) is 5.34. The van der Waals surface area contributed by atoms with Crippen LogP contribution in [0.3, 0.4) is 0 Å². The monoisotopic (exact) mass is 288 g/mol. The molecule has 1 heterocycles. The van der Waals surface area contributed by atoms with Crippen molar-refractivity contribution in [3.8, 4) is 0 Å². The minimum atomic E-state index is 0.741. The first-order valence-electron chi connectivity index (χ1n) is 7.23. The van der Waals surface area contributed by atoms with Gasteiger partial charge in [0.15, 0.2) is 0 Å². The topological polar surface area (TPSA) is 37.6 Å². The van der Waals surface area contributed by atoms with E-state index in [0.29, 0.717) is 0 Å². The normalized spacial score (nSPS) is 10.8. The van der Waals surface area contributed by atoms with E-state index in [4.69, 9.17) is 9.15 Å². The van der Waals surface area contributed by atoms with Crippen molar-refractivity contribution in [2.24, 2.45) is 0 Å². The standard InChI is InChI=1S/C17H24N2O2/c1-14-16(8-10-21-14)13-19(2)17-6-4-15(5-7-17)12-18-9-11-20-3/h4-8,10,18H,9,11-13H2,1-3H3. The van der Waals surface area contributed by atoms with E-state index in [0.717, 1.165) is 32.0 Å². The van der Waals surface area contributed by atoms with Crippen molar-refractivity contribution in [2.45, 2.75) is 20.0 Å². The second-order valence-electron chi connectivity index (χ2n) is 5.19. The Balaban J connectivity index is 1.87. The van der Waals surface area contributed by atoms with E-state index in [2.05, 4.69) is 41.5 Å². The van der Waals surface area contributed by atoms with Crippen molar-refractivity contribution >= 4 is 5.69 Å². The largest absolute Gasteiger partial charge is 0.469 e. The first-order chi connectivity index (χ1) is 10.2. The Morgan fingerprint density at radius 3 is 2.57 bits per heavy atom. The van der Waals surface area contributed by atoms with Crippen LogP contribution in [0.1, 0.15) is 16.9 Å². The van der Waals surface area contributed by atoms with Crippen molar-refractivity contribution in [1.29, 1.82) is 0 Å². The maximum atomic E-state index is 5.34. The minimum Gasteiger partial charge on any atom is -0.469 e. The van der Waals surface area contributed by atoms with Gasteiger partial charge in [0.2, 0.25) is 0 Å². The van der Waals surface area contributed by atoms with Crippen LogP contribution in [-0.2, 0) is 17.8 Å². The Hall–Kier alpha value is -1.78. The molecule has 0 aliphatic rings. The average Bonchev–Trinajstić information content (AvgIpc) is 2.89. The van der Waals surface area contributed by atoms with Crippen LogP contribution >= 0.6 is 0 Å². The van der Waals surface area contributed by atoms with Gasteiger partial charge in [0, 0.05) is 45.0 Å². The maximum Gasteiger partial charge on any atom is 0.105 e. The molecule has 4 nitrogen and oxygen atoms in total. The summed E-state index contributed by atoms with van der Waals surface area (Å²) in [4.78, 5) is 2.22. The fourth-order valence-corrected chi connectivity index (χ4v) is 2.20. The number of aryl methyl sites for hydroxylation is 1. The zero-order valence-electron chi connectivity index (χ0n) is 13.1. The average molecular weight is 288 g/mol. The molecule has 114 valence electrons. The van der Waals surface area contributed by atoms with Gasteiger partial charge in [-0.25, -0.2) is 0 Å². The highest BCUT2D eigenvalue weighted by Crippen LogP contribution is 2.18. The minimum absolute atomic E-state index is 0.741. The van der Waals surface area contributed by atoms with E-state index < -0.39 is 0 Å². The molecule has 0 atom stereocenters. The van der Waals surface area contributed by atoms with Crippen molar-refractivity contribution < 1.29 is 9.15 Å². The van der Waals surface area contributed by atoms with Crippen LogP contribution in [0.25, 0.3) is 0 Å². The van der Waals surface area contributed by atoms with Gasteiger partial charge in [-0.2, -0.15) is 0 Å². The lowest BCUT2D eigenvalue weighted by Gasteiger charge is -2.19. The highest BCUT2D eigenvalue weighted by atomic mass is 16.5. The number of furan rings is 1. The van der Waals surface area contributed by atoms with Gasteiger partial charge in [0.05, 0.1) is 12.9 Å². The zero-order chi connectivity index (χ0) is 15.1. The fourth-order valence-electron chi connectivity index (χ4n) is 2.20. The molecule has 0 saturated heterocycles. The van der Waals surface area contributed by atoms with Gasteiger partial charge < -0.3 is 19.4 Å². The Morgan fingerprint density at radius 2 is 1.95 bits per heavy atom. The molecule has 0 aliphatic heterocycles. The number of nitrogens with one attached hydrogen (secondary N) is 1. The number of ether oxygens (including phenoxy) is 1. The quantitative estimate of drug-likeness (QED) is 0.758. The zero-order valence-corrected chi connectivity index (χ0v) is 13.1. The molecule has 1 aromatic carbocycles. The van der Waals surface area contributed by atoms with E-state index in [1.165, 1.54) is 16.8 Å². The van der Waals surface area contributed by atoms with E-state index in [1.807, 2.05) is 13.0 Å². The lowest BCUT2D eigenvalue weighted by atomic mass is 10.2. The molecule has 1 aromatic heterocycles. The molecule has 0 unspecified atom stereocenters. The van der Waals surface area contributed by atoms with Gasteiger partial charge in [0.1, 0.15) is 5.76 Å². The molecule has 0 saturated carbocycles. The molecule has 4 heteroatoms. The molecule has 21 heavy (non-hydrogen) atoms. The Labute approximate surface area is 126 Å². The SMILES string of the molecule is COCCNCc1ccc(N(C)Cc2ccoc2C)cc1. The lowest BCUT2D eigenvalue weighted by Crippen LogP contribution is -2.19. The maximum absolute atomic E-state index is 5.34. The number of methoxy groups -OCH3 is 1. The predicted molar refractivity (Wildman–Crippen MR) is 85.6 cm³/mol. The first-order valence-corrected chi connectivity index (χ1v) is 7.23. The lowest BCUT2D eigenvalue weighted by molar-refractivity contribution is 0.199. The molecule has 0 spiro atoms. The Kier molecular flexibility index (Phi) is 5.84. The molecular formula is C17H24N2O2. The third kappa shape index (κ3) is 4.62. The molecule has 0 aliphatic carbocycles. The molecule has 0 bridgehead atoms. The second-order valence-corrected chi connectivity index (χ2v) is 5.19. The van der Waals surface area contributed by atoms with Crippen molar-refractivity contribution in [2.75, 3.05) is 32.2 Å². The van der Waals surface area contributed by atoms with E-state index >= 15 is 0 Å². The number of hydrogen-bond acceptors (Lipinski definition) is 4. The van der Waals surface area contributed by atoms with E-state index in [9.17, 15) is 0 Å². The summed E-state index contributed by atoms with van der Waals surface area (Å²) in [6.07, 6.45) is 1.74. The third-order valence-corrected chi connectivity index (χ3v) is 3.56. The summed E-state index contributed by atoms with van der Waals surface area (Å²) < 4.78 is 10.4. The summed E-state index contributed by atoms with van der Waals surface area (Å²) in [5.41, 5.74) is 3.71. The van der Waals surface area contributed by atoms with Gasteiger partial charge in [0.25, 0.3) is 0 Å². The highest BCUT2D eigenvalue weighted by molar-refractivity contribution is 5.47. The fraction of sp³-hybridized carbons (Fsp3) is 0.412. The highest BCUT2D eigenvalue weighted by Gasteiger charge is 2.06. The summed E-state index contributed by atoms with van der Waals surface area (Å²) in [7, 11) is 3.81. The number of anilines is 1. The first kappa shape index (κ1) is 15.6. The van der Waals surface area contributed by atoms with Crippen LogP contribution < -0.4 is 10.2 Å². The van der Waals surface area contributed by atoms with Gasteiger partial charge in [-0.15, -0.1) is 0 Å². The van der Waals surface area contributed by atoms with E-state index in [1.54, 1.807) is 13.4 Å². The summed E-state index contributed by atoms with van der Waals surface area (Å²) in [6, 6.07) is 10.7. The van der Waals surface area contributed by atoms with Crippen LogP contribution in [-0.4, -0.2) is 27.3 Å². The van der Waals surface area contributed by atoms with Crippen molar-refractivity contribution in [3.05, 3.63) is 53.5 Å². The van der Waals surface area contributed by atoms with Crippen molar-refractivity contribution in [3.63, 3.8) is 0 Å². The Morgan fingerprint density at radius 1 is 1.19 bits per heavy atom. The van der Waals surface area contributed by atoms with Crippen LogP contribution in [0.2, 0.25) is 0 Å². The van der Waals surface area contributed by atoms with Crippen molar-refractivity contribution in [1.82, 2.24) is 5.32 Å². The van der Waals surface area contributed by atoms with Gasteiger partial charge in [-0.1, -0.05) is 12.1 Å². The van der Waals surface area contributed by atoms with Crippen LogP contribution in [0.15, 0.2) is 41.0 Å². The van der Waals surface area contributed by atoms with Gasteiger partial charge in [-0.05, 0) is 30.7 Å². The van der Waals surface area contributed by atoms with Crippen LogP contribution in [0.5, 0.6) is 0 Å². The molecule has 0 fully saturated rings. The van der Waals surface area contributed by atoms with E-state index in [-0.39, 0.29) is 0 Å². The van der Waals surface area contributed by atoms with Gasteiger partial charge >= 0.3 is 0 Å². The molecule has 0 amide bonds. The summed E-state index contributed by atoms with van der Waals surface area (Å²) >= 11 is 0. The number of benzene rings is 1. The Bertz CT molecular complexity index is 534. The molecule has 1 N–H and O–H groups in total. The molecular weight excluding hydrogens is 264 g/mol. The number of hydrogen-bond donors (Lipinski definition) is 1. The molecule has 0 radical (unpaired) electrons. The third-order valence-electron chi connectivity index (χ3n) is 3.56. The molecule has 2 rings (SSSR count). The second kappa shape index (κ2) is 7.86. The predicted octanol–water partition coefficient (Wildman–Crippen LogP) is 2.96. The number of rotatable bonds is 8. The van der Waals surface area contributed by atoms with Crippen LogP contribution in [0, 0.1) is 6.92 Å². The number of nitrogens with zero attached hydrogens (tertiary/aromatic N) is 1. The molecule has 2 aromatic rings. The van der Waals surface area contributed by atoms with Crippen LogP contribution in [0.4, 0.5) is 5.69 Å². The van der Waals surface area contributed by atoms with Gasteiger partial charge in [-0.3, -0.25) is 0 Å². The smallest absolute Gasteiger partial charge is 0.105 e. The summed E-state index contributed by atoms with van der Waals surface area (Å²) in [5.74, 6) is 0.987.